The summed E-state index contributed by atoms with van der Waals surface area (Å²) in [5.74, 6) is 0. The minimum Gasteiger partial charge on any atom is -0.776 e. The van der Waals surface area contributed by atoms with Crippen molar-refractivity contribution in [1.29, 1.82) is 0 Å². The van der Waals surface area contributed by atoms with E-state index >= 15 is 0 Å². The third-order valence-corrected chi connectivity index (χ3v) is 5.16. The van der Waals surface area contributed by atoms with Crippen LogP contribution in [0.5, 0.6) is 0 Å². The molecule has 116 valence electrons. The Morgan fingerprint density at radius 3 is 1.58 bits per heavy atom. The van der Waals surface area contributed by atoms with Crippen LogP contribution in [0.25, 0.3) is 0 Å². The zero-order valence-corrected chi connectivity index (χ0v) is 10.9. The highest BCUT2D eigenvalue weighted by molar-refractivity contribution is 7.52. The van der Waals surface area contributed by atoms with Gasteiger partial charge in [-0.05, 0) is 25.7 Å². The Kier molecular flexibility index (Phi) is 7.73. The summed E-state index contributed by atoms with van der Waals surface area (Å²) in [5.41, 5.74) is 11.1. The van der Waals surface area contributed by atoms with Crippen LogP contribution < -0.4 is 26.5 Å². The molecule has 0 radical (unpaired) electrons. The highest BCUT2D eigenvalue weighted by Gasteiger charge is 2.36. The first-order valence-corrected chi connectivity index (χ1v) is 7.98. The fourth-order valence-electron chi connectivity index (χ4n) is 2.76. The summed E-state index contributed by atoms with van der Waals surface area (Å²) in [6, 6.07) is 0.951. The van der Waals surface area contributed by atoms with Crippen molar-refractivity contribution in [2.24, 2.45) is 11.5 Å². The molecule has 2 aliphatic carbocycles. The van der Waals surface area contributed by atoms with E-state index in [-0.39, 0.29) is 26.9 Å². The quantitative estimate of drug-likeness (QED) is 0.488. The fourth-order valence-corrected chi connectivity index (χ4v) is 4.33. The van der Waals surface area contributed by atoms with Crippen molar-refractivity contribution >= 4 is 7.67 Å². The van der Waals surface area contributed by atoms with E-state index in [0.29, 0.717) is 12.1 Å². The Morgan fingerprint density at radius 1 is 0.895 bits per heavy atom. The van der Waals surface area contributed by atoms with Crippen LogP contribution in [-0.2, 0) is 4.57 Å². The summed E-state index contributed by atoms with van der Waals surface area (Å²) in [6.07, 6.45) is 6.59. The van der Waals surface area contributed by atoms with E-state index in [1.54, 1.807) is 0 Å². The van der Waals surface area contributed by atoms with Gasteiger partial charge in [0.1, 0.15) is 7.67 Å². The zero-order valence-electron chi connectivity index (χ0n) is 9.97. The largest absolute Gasteiger partial charge is 0.776 e. The minimum absolute atomic E-state index is 0. The smallest absolute Gasteiger partial charge is 0.144 e. The molecule has 1 aliphatic heterocycles. The second kappa shape index (κ2) is 7.72. The summed E-state index contributed by atoms with van der Waals surface area (Å²) < 4.78 is 10.8. The number of nitrogens with two attached hydrogens (primary N) is 2. The van der Waals surface area contributed by atoms with E-state index in [9.17, 15) is 9.46 Å². The predicted octanol–water partition coefficient (Wildman–Crippen LogP) is 0.666. The Labute approximate surface area is 117 Å². The Balaban J connectivity index is 0.000000325. The van der Waals surface area contributed by atoms with E-state index < -0.39 is 7.67 Å². The molecule has 3 rings (SSSR count). The van der Waals surface area contributed by atoms with Crippen LogP contribution >= 0.6 is 7.67 Å². The van der Waals surface area contributed by atoms with Crippen molar-refractivity contribution in [2.45, 2.75) is 77.5 Å². The Morgan fingerprint density at radius 2 is 1.26 bits per heavy atom. The Hall–Kier alpha value is 0.0300. The molecule has 0 aromatic carbocycles. The lowest BCUT2D eigenvalue weighted by atomic mass is 10.2. The topological polar surface area (TPSA) is 116 Å². The van der Waals surface area contributed by atoms with Crippen molar-refractivity contribution in [3.05, 3.63) is 0 Å². The average molecular weight is 293 g/mol. The minimum atomic E-state index is -3.37. The van der Waals surface area contributed by atoms with Crippen LogP contribution in [0.2, 0.25) is 0 Å². The zero-order chi connectivity index (χ0) is 12.5. The van der Waals surface area contributed by atoms with Crippen molar-refractivity contribution < 1.29 is 9.46 Å². The van der Waals surface area contributed by atoms with Gasteiger partial charge >= 0.3 is 0 Å². The molecular formula is C12H30N4O2P-. The van der Waals surface area contributed by atoms with Gasteiger partial charge in [-0.2, -0.15) is 0 Å². The highest BCUT2D eigenvalue weighted by atomic mass is 31.2. The molecule has 3 aliphatic rings. The molecule has 0 aromatic heterocycles. The number of hydrogen-bond donors (Lipinski definition) is 4. The first kappa shape index (κ1) is 19.0. The van der Waals surface area contributed by atoms with Gasteiger partial charge in [-0.25, -0.2) is 0 Å². The van der Waals surface area contributed by atoms with E-state index in [4.69, 9.17) is 11.5 Å². The van der Waals surface area contributed by atoms with Crippen molar-refractivity contribution in [2.75, 3.05) is 0 Å². The molecule has 4 unspecified atom stereocenters. The van der Waals surface area contributed by atoms with Crippen LogP contribution in [0.3, 0.4) is 0 Å². The van der Waals surface area contributed by atoms with Crippen LogP contribution in [0.4, 0.5) is 0 Å². The molecule has 1 saturated heterocycles. The normalized spacial score (nSPS) is 43.5. The van der Waals surface area contributed by atoms with E-state index in [2.05, 4.69) is 10.2 Å². The molecular weight excluding hydrogens is 263 g/mol. The number of rotatable bonds is 0. The van der Waals surface area contributed by atoms with Crippen LogP contribution in [0, 0.1) is 0 Å². The lowest BCUT2D eigenvalue weighted by Crippen LogP contribution is -2.35. The molecule has 0 amide bonds. The summed E-state index contributed by atoms with van der Waals surface area (Å²) >= 11 is 0. The summed E-state index contributed by atoms with van der Waals surface area (Å²) in [6.45, 7) is 0. The molecule has 6 N–H and O–H groups in total. The first-order valence-electron chi connectivity index (χ1n) is 6.36. The SMILES string of the molecule is C.C.NC1CCCC1N.O=P1([O-])NC2CCCC2N1. The molecule has 3 fully saturated rings. The fraction of sp³-hybridized carbons (Fsp3) is 1.00. The number of fused-ring (bicyclic) bond motifs is 1. The lowest BCUT2D eigenvalue weighted by Gasteiger charge is -2.18. The van der Waals surface area contributed by atoms with E-state index in [1.807, 2.05) is 0 Å². The molecule has 0 bridgehead atoms. The van der Waals surface area contributed by atoms with Gasteiger partial charge < -0.3 is 20.9 Å². The molecule has 0 spiro atoms. The summed E-state index contributed by atoms with van der Waals surface area (Å²) in [7, 11) is -3.37. The molecule has 1 heterocycles. The summed E-state index contributed by atoms with van der Waals surface area (Å²) in [4.78, 5) is 10.8. The summed E-state index contributed by atoms with van der Waals surface area (Å²) in [5, 5.41) is 5.16. The number of nitrogens with one attached hydrogen (secondary N) is 2. The Bertz CT molecular complexity index is 292. The van der Waals surface area contributed by atoms with Gasteiger partial charge in [-0.1, -0.05) is 27.7 Å². The maximum atomic E-state index is 10.8. The van der Waals surface area contributed by atoms with Crippen molar-refractivity contribution in [3.63, 3.8) is 0 Å². The second-order valence-corrected chi connectivity index (χ2v) is 6.83. The predicted molar refractivity (Wildman–Crippen MR) is 78.6 cm³/mol. The second-order valence-electron chi connectivity index (χ2n) is 5.21. The highest BCUT2D eigenvalue weighted by Crippen LogP contribution is 2.39. The van der Waals surface area contributed by atoms with E-state index in [0.717, 1.165) is 32.1 Å². The van der Waals surface area contributed by atoms with Gasteiger partial charge in [0, 0.05) is 24.2 Å². The number of hydrogen-bond acceptors (Lipinski definition) is 4. The van der Waals surface area contributed by atoms with E-state index in [1.165, 1.54) is 6.42 Å². The third kappa shape index (κ3) is 5.14. The molecule has 19 heavy (non-hydrogen) atoms. The molecule has 0 aromatic rings. The maximum absolute atomic E-state index is 10.8. The van der Waals surface area contributed by atoms with Gasteiger partial charge in [-0.15, -0.1) is 0 Å². The van der Waals surface area contributed by atoms with Crippen LogP contribution in [-0.4, -0.2) is 24.2 Å². The molecule has 2 saturated carbocycles. The first-order chi connectivity index (χ1) is 7.98. The van der Waals surface area contributed by atoms with Crippen molar-refractivity contribution in [3.8, 4) is 0 Å². The van der Waals surface area contributed by atoms with Gasteiger partial charge in [0.2, 0.25) is 0 Å². The van der Waals surface area contributed by atoms with Crippen LogP contribution in [0.15, 0.2) is 0 Å². The van der Waals surface area contributed by atoms with Gasteiger partial charge in [0.15, 0.2) is 0 Å². The van der Waals surface area contributed by atoms with Crippen LogP contribution in [0.1, 0.15) is 53.4 Å². The van der Waals surface area contributed by atoms with Gasteiger partial charge in [-0.3, -0.25) is 10.2 Å². The lowest BCUT2D eigenvalue weighted by molar-refractivity contribution is -0.180. The van der Waals surface area contributed by atoms with Gasteiger partial charge in [0.05, 0.1) is 0 Å². The van der Waals surface area contributed by atoms with Gasteiger partial charge in [0.25, 0.3) is 0 Å². The maximum Gasteiger partial charge on any atom is 0.144 e. The standard InChI is InChI=1S/C5H11N2O2P.C5H12N2.2CH4/c8-10(9)6-4-2-1-3-5(4)7-10;6-4-2-1-3-5(4)7;;/h4-5H,1-3H2,(H3,6,7,8,9);4-5H,1-3,6-7H2;2*1H4/p-1. The van der Waals surface area contributed by atoms with Crippen molar-refractivity contribution in [1.82, 2.24) is 10.2 Å². The average Bonchev–Trinajstić information content (AvgIpc) is 2.84. The monoisotopic (exact) mass is 293 g/mol. The third-order valence-electron chi connectivity index (χ3n) is 3.81. The molecule has 4 atom stereocenters. The molecule has 6 nitrogen and oxygen atoms in total. The molecule has 7 heteroatoms.